The molecule has 200 valence electrons. The first-order valence-electron chi connectivity index (χ1n) is 13.1. The minimum atomic E-state index is -0.283. The number of hydrogen-bond donors (Lipinski definition) is 1. The van der Waals surface area contributed by atoms with Gasteiger partial charge < -0.3 is 14.8 Å². The van der Waals surface area contributed by atoms with Crippen LogP contribution in [0.4, 0.5) is 5.95 Å². The summed E-state index contributed by atoms with van der Waals surface area (Å²) < 4.78 is 12.3. The molecule has 0 radical (unpaired) electrons. The molecule has 0 spiro atoms. The maximum Gasteiger partial charge on any atom is 0.338 e. The van der Waals surface area contributed by atoms with Crippen LogP contribution in [0.25, 0.3) is 10.2 Å². The van der Waals surface area contributed by atoms with Crippen LogP contribution in [0.3, 0.4) is 0 Å². The molecule has 3 heterocycles. The van der Waals surface area contributed by atoms with Crippen LogP contribution < -0.4 is 10.1 Å². The average molecular weight is 542 g/mol. The number of nitrogens with one attached hydrogen (secondary N) is 1. The fraction of sp³-hybridized carbons (Fsp3) is 0.333. The number of aryl methyl sites for hydroxylation is 2. The second-order valence-electron chi connectivity index (χ2n) is 9.75. The summed E-state index contributed by atoms with van der Waals surface area (Å²) in [6.45, 7) is 8.81. The zero-order chi connectivity index (χ0) is 27.4. The topological polar surface area (TPSA) is 100 Å². The number of aromatic nitrogens is 2. The Morgan fingerprint density at radius 3 is 2.51 bits per heavy atom. The molecule has 0 aliphatic carbocycles. The van der Waals surface area contributed by atoms with Crippen LogP contribution in [0.1, 0.15) is 52.4 Å². The van der Waals surface area contributed by atoms with Gasteiger partial charge in [-0.3, -0.25) is 4.90 Å². The summed E-state index contributed by atoms with van der Waals surface area (Å²) in [5, 5.41) is 14.8. The van der Waals surface area contributed by atoms with E-state index in [1.165, 1.54) is 5.56 Å². The summed E-state index contributed by atoms with van der Waals surface area (Å²) >= 11 is 1.55. The van der Waals surface area contributed by atoms with Crippen molar-refractivity contribution in [1.29, 1.82) is 5.26 Å². The maximum atomic E-state index is 11.9. The fourth-order valence-electron chi connectivity index (χ4n) is 4.88. The van der Waals surface area contributed by atoms with Gasteiger partial charge in [0.05, 0.1) is 29.3 Å². The van der Waals surface area contributed by atoms with Crippen molar-refractivity contribution < 1.29 is 14.3 Å². The number of benzene rings is 2. The van der Waals surface area contributed by atoms with E-state index in [-0.39, 0.29) is 12.0 Å². The molecule has 2 aromatic heterocycles. The summed E-state index contributed by atoms with van der Waals surface area (Å²) in [4.78, 5) is 23.8. The van der Waals surface area contributed by atoms with Crippen LogP contribution in [-0.2, 0) is 11.3 Å². The number of carbonyl (C=O) groups excluding carboxylic acids is 1. The van der Waals surface area contributed by atoms with E-state index < -0.39 is 0 Å². The Kier molecular flexibility index (Phi) is 8.05. The van der Waals surface area contributed by atoms with Gasteiger partial charge >= 0.3 is 5.97 Å². The molecule has 1 fully saturated rings. The summed E-state index contributed by atoms with van der Waals surface area (Å²) in [5.74, 6) is 1.52. The van der Waals surface area contributed by atoms with Gasteiger partial charge in [-0.2, -0.15) is 10.2 Å². The molecule has 1 aliphatic rings. The predicted octanol–water partition coefficient (Wildman–Crippen LogP) is 6.23. The SMILES string of the molecule is CCOC(=O)c1ccc(CN2CCC(Nc3nc(Oc4c(C)cc(C#N)cc4C)c4sccc4n3)CC2)cc1. The average Bonchev–Trinajstić information content (AvgIpc) is 3.41. The number of likely N-dealkylation sites (tertiary alicyclic amines) is 1. The van der Waals surface area contributed by atoms with Gasteiger partial charge in [0.15, 0.2) is 0 Å². The fourth-order valence-corrected chi connectivity index (χ4v) is 5.64. The van der Waals surface area contributed by atoms with E-state index in [2.05, 4.69) is 16.3 Å². The van der Waals surface area contributed by atoms with E-state index in [0.29, 0.717) is 29.6 Å². The van der Waals surface area contributed by atoms with Gasteiger partial charge in [0, 0.05) is 25.7 Å². The number of anilines is 1. The summed E-state index contributed by atoms with van der Waals surface area (Å²) in [7, 11) is 0. The molecular formula is C30H31N5O3S. The maximum absolute atomic E-state index is 11.9. The zero-order valence-electron chi connectivity index (χ0n) is 22.4. The highest BCUT2D eigenvalue weighted by Crippen LogP contribution is 2.36. The third kappa shape index (κ3) is 6.19. The van der Waals surface area contributed by atoms with Crippen molar-refractivity contribution in [3.8, 4) is 17.7 Å². The van der Waals surface area contributed by atoms with E-state index in [0.717, 1.165) is 59.6 Å². The first-order valence-corrected chi connectivity index (χ1v) is 14.0. The third-order valence-electron chi connectivity index (χ3n) is 6.85. The van der Waals surface area contributed by atoms with Crippen molar-refractivity contribution in [2.24, 2.45) is 0 Å². The first-order chi connectivity index (χ1) is 18.9. The summed E-state index contributed by atoms with van der Waals surface area (Å²) in [6.07, 6.45) is 1.94. The first kappa shape index (κ1) is 26.6. The smallest absolute Gasteiger partial charge is 0.338 e. The number of hydrogen-bond acceptors (Lipinski definition) is 9. The van der Waals surface area contributed by atoms with Crippen molar-refractivity contribution in [3.63, 3.8) is 0 Å². The molecule has 0 bridgehead atoms. The largest absolute Gasteiger partial charge is 0.462 e. The van der Waals surface area contributed by atoms with E-state index in [9.17, 15) is 10.1 Å². The lowest BCUT2D eigenvalue weighted by Gasteiger charge is -2.32. The molecule has 1 N–H and O–H groups in total. The number of carbonyl (C=O) groups is 1. The Morgan fingerprint density at radius 1 is 1.13 bits per heavy atom. The number of nitriles is 1. The third-order valence-corrected chi connectivity index (χ3v) is 7.74. The van der Waals surface area contributed by atoms with Crippen LogP contribution in [0.2, 0.25) is 0 Å². The van der Waals surface area contributed by atoms with Crippen molar-refractivity contribution in [2.75, 3.05) is 25.0 Å². The van der Waals surface area contributed by atoms with E-state index in [1.807, 2.05) is 68.6 Å². The molecule has 0 atom stereocenters. The molecule has 1 saturated heterocycles. The van der Waals surface area contributed by atoms with Gasteiger partial charge in [-0.25, -0.2) is 9.78 Å². The van der Waals surface area contributed by atoms with Crippen LogP contribution in [0, 0.1) is 25.2 Å². The standard InChI is InChI=1S/C30H31N5O3S/c1-4-37-29(36)23-7-5-21(6-8-23)18-35-12-9-24(10-13-35)32-30-33-25-11-14-39-27(25)28(34-30)38-26-19(2)15-22(17-31)16-20(26)3/h5-8,11,14-16,24H,4,9-10,12-13,18H2,1-3H3,(H,32,33,34). The van der Waals surface area contributed by atoms with Crippen LogP contribution >= 0.6 is 11.3 Å². The van der Waals surface area contributed by atoms with Crippen molar-refractivity contribution >= 4 is 33.5 Å². The van der Waals surface area contributed by atoms with Crippen LogP contribution in [0.15, 0.2) is 47.8 Å². The lowest BCUT2D eigenvalue weighted by molar-refractivity contribution is 0.0526. The lowest BCUT2D eigenvalue weighted by Crippen LogP contribution is -2.39. The van der Waals surface area contributed by atoms with Crippen molar-refractivity contribution in [3.05, 3.63) is 75.7 Å². The van der Waals surface area contributed by atoms with Gasteiger partial charge in [-0.1, -0.05) is 12.1 Å². The highest BCUT2D eigenvalue weighted by atomic mass is 32.1. The normalized spacial score (nSPS) is 14.2. The summed E-state index contributed by atoms with van der Waals surface area (Å²) in [5.41, 5.74) is 5.01. The molecule has 5 rings (SSSR count). The highest BCUT2D eigenvalue weighted by molar-refractivity contribution is 7.17. The van der Waals surface area contributed by atoms with E-state index >= 15 is 0 Å². The van der Waals surface area contributed by atoms with E-state index in [4.69, 9.17) is 19.4 Å². The zero-order valence-corrected chi connectivity index (χ0v) is 23.2. The van der Waals surface area contributed by atoms with Crippen LogP contribution in [0.5, 0.6) is 11.6 Å². The predicted molar refractivity (Wildman–Crippen MR) is 152 cm³/mol. The molecule has 1 aliphatic heterocycles. The molecule has 0 unspecified atom stereocenters. The molecule has 39 heavy (non-hydrogen) atoms. The van der Waals surface area contributed by atoms with Crippen molar-refractivity contribution in [2.45, 2.75) is 46.2 Å². The Morgan fingerprint density at radius 2 is 1.85 bits per heavy atom. The minimum Gasteiger partial charge on any atom is -0.462 e. The second-order valence-corrected chi connectivity index (χ2v) is 10.7. The monoisotopic (exact) mass is 541 g/mol. The van der Waals surface area contributed by atoms with Gasteiger partial charge in [0.25, 0.3) is 0 Å². The molecule has 0 amide bonds. The Bertz CT molecular complexity index is 1500. The number of thiophene rings is 1. The van der Waals surface area contributed by atoms with Gasteiger partial charge in [0.2, 0.25) is 11.8 Å². The van der Waals surface area contributed by atoms with Crippen LogP contribution in [-0.4, -0.2) is 46.6 Å². The molecular weight excluding hydrogens is 510 g/mol. The number of piperidine rings is 1. The Labute approximate surface area is 232 Å². The number of ether oxygens (including phenoxy) is 2. The lowest BCUT2D eigenvalue weighted by atomic mass is 10.0. The molecule has 8 nitrogen and oxygen atoms in total. The Balaban J connectivity index is 1.23. The van der Waals surface area contributed by atoms with Gasteiger partial charge in [0.1, 0.15) is 10.4 Å². The van der Waals surface area contributed by atoms with Gasteiger partial charge in [-0.05, 0) is 86.0 Å². The Hall–Kier alpha value is -4.00. The number of rotatable bonds is 8. The summed E-state index contributed by atoms with van der Waals surface area (Å²) in [6, 6.07) is 15.8. The molecule has 9 heteroatoms. The second kappa shape index (κ2) is 11.8. The number of fused-ring (bicyclic) bond motifs is 1. The van der Waals surface area contributed by atoms with Crippen molar-refractivity contribution in [1.82, 2.24) is 14.9 Å². The minimum absolute atomic E-state index is 0.259. The van der Waals surface area contributed by atoms with Gasteiger partial charge in [-0.15, -0.1) is 11.3 Å². The van der Waals surface area contributed by atoms with E-state index in [1.54, 1.807) is 11.3 Å². The molecule has 4 aromatic rings. The molecule has 2 aromatic carbocycles. The quantitative estimate of drug-likeness (QED) is 0.262. The highest BCUT2D eigenvalue weighted by Gasteiger charge is 2.22. The number of esters is 1. The molecule has 0 saturated carbocycles. The number of nitrogens with zero attached hydrogens (tertiary/aromatic N) is 4.